The molecule has 1 saturated heterocycles. The monoisotopic (exact) mass is 393 g/mol. The van der Waals surface area contributed by atoms with Crippen LogP contribution in [0.2, 0.25) is 0 Å². The lowest BCUT2D eigenvalue weighted by Crippen LogP contribution is -2.56. The molecule has 1 saturated carbocycles. The minimum absolute atomic E-state index is 0.0548. The number of hydrogen-bond donors (Lipinski definition) is 0. The fraction of sp³-hybridized carbons (Fsp3) is 0.444. The van der Waals surface area contributed by atoms with Gasteiger partial charge in [0.2, 0.25) is 0 Å². The highest BCUT2D eigenvalue weighted by Crippen LogP contribution is 2.49. The van der Waals surface area contributed by atoms with Crippen LogP contribution in [-0.2, 0) is 14.3 Å². The van der Waals surface area contributed by atoms with E-state index in [0.717, 1.165) is 15.7 Å². The molecule has 3 rings (SSSR count). The van der Waals surface area contributed by atoms with Gasteiger partial charge in [0.25, 0.3) is 0 Å². The first kappa shape index (κ1) is 19.0. The number of nitro groups is 1. The number of benzene rings is 1. The summed E-state index contributed by atoms with van der Waals surface area (Å²) < 4.78 is 5.93. The number of Topliss-reactive ketones (excluding diaryl/α,β-unsaturated/α-hetero) is 1. The van der Waals surface area contributed by atoms with Crippen molar-refractivity contribution in [2.45, 2.75) is 31.2 Å². The van der Waals surface area contributed by atoms with Gasteiger partial charge in [0.15, 0.2) is 5.78 Å². The Hall–Kier alpha value is -1.80. The molecule has 1 aliphatic heterocycles. The molecule has 138 valence electrons. The summed E-state index contributed by atoms with van der Waals surface area (Å²) in [5.74, 6) is -0.0888. The Bertz CT molecular complexity index is 756. The lowest BCUT2D eigenvalue weighted by atomic mass is 9.68. The maximum atomic E-state index is 12.8. The van der Waals surface area contributed by atoms with Gasteiger partial charge >= 0.3 is 11.5 Å². The van der Waals surface area contributed by atoms with E-state index in [1.54, 1.807) is 37.3 Å². The van der Waals surface area contributed by atoms with E-state index in [9.17, 15) is 19.7 Å². The lowest BCUT2D eigenvalue weighted by Gasteiger charge is -2.35. The second kappa shape index (κ2) is 7.84. The number of nitrogens with zero attached hydrogens (tertiary/aromatic N) is 1. The van der Waals surface area contributed by atoms with E-state index in [2.05, 4.69) is 0 Å². The van der Waals surface area contributed by atoms with Crippen molar-refractivity contribution in [3.05, 3.63) is 55.8 Å². The molecule has 0 spiro atoms. The summed E-state index contributed by atoms with van der Waals surface area (Å²) in [7, 11) is 0. The van der Waals surface area contributed by atoms with Crippen LogP contribution >= 0.6 is 23.5 Å². The Balaban J connectivity index is 2.14. The van der Waals surface area contributed by atoms with Gasteiger partial charge in [-0.2, -0.15) is 0 Å². The van der Waals surface area contributed by atoms with E-state index in [-0.39, 0.29) is 25.2 Å². The summed E-state index contributed by atoms with van der Waals surface area (Å²) in [6.07, 6.45) is -0.281. The van der Waals surface area contributed by atoms with Crippen LogP contribution in [0, 0.1) is 10.1 Å². The van der Waals surface area contributed by atoms with Crippen LogP contribution in [-0.4, -0.2) is 40.3 Å². The number of ether oxygens (including phenoxy) is 1. The molecule has 0 N–H and O–H groups in total. The van der Waals surface area contributed by atoms with Crippen molar-refractivity contribution < 1.29 is 19.2 Å². The highest BCUT2D eigenvalue weighted by molar-refractivity contribution is 8.25. The number of esters is 1. The van der Waals surface area contributed by atoms with Crippen molar-refractivity contribution in [3.8, 4) is 0 Å². The van der Waals surface area contributed by atoms with Crippen molar-refractivity contribution in [2.24, 2.45) is 0 Å². The highest BCUT2D eigenvalue weighted by Gasteiger charge is 2.63. The number of carbonyl (C=O) groups is 2. The first-order valence-corrected chi connectivity index (χ1v) is 10.4. The van der Waals surface area contributed by atoms with Crippen molar-refractivity contribution >= 4 is 35.3 Å². The zero-order valence-electron chi connectivity index (χ0n) is 14.3. The molecule has 1 aromatic carbocycles. The standard InChI is InChI=1S/C18H19NO5S2/c1-2-24-17(21)18(19(22)23)11-13(16-25-8-9-26-16)15(20)10-14(18)12-6-4-3-5-7-12/h3-7,14H,2,8-11H2,1H3. The summed E-state index contributed by atoms with van der Waals surface area (Å²) >= 11 is 3.07. The van der Waals surface area contributed by atoms with Gasteiger partial charge in [-0.05, 0) is 12.5 Å². The highest BCUT2D eigenvalue weighted by atomic mass is 32.2. The SMILES string of the molecule is CCOC(=O)C1([N+](=O)[O-])CC(=C2SCCS2)C(=O)CC1c1ccccc1. The first-order chi connectivity index (χ1) is 12.5. The summed E-state index contributed by atoms with van der Waals surface area (Å²) in [6.45, 7) is 1.68. The average molecular weight is 393 g/mol. The van der Waals surface area contributed by atoms with E-state index in [1.165, 1.54) is 23.5 Å². The molecule has 0 amide bonds. The number of carbonyl (C=O) groups excluding carboxylic acids is 2. The molecule has 2 aliphatic rings. The summed E-state index contributed by atoms with van der Waals surface area (Å²) in [6, 6.07) is 8.77. The van der Waals surface area contributed by atoms with Crippen LogP contribution in [0.1, 0.15) is 31.2 Å². The van der Waals surface area contributed by atoms with E-state index in [4.69, 9.17) is 4.74 Å². The molecule has 26 heavy (non-hydrogen) atoms. The third-order valence-electron chi connectivity index (χ3n) is 4.70. The number of hydrogen-bond acceptors (Lipinski definition) is 7. The Morgan fingerprint density at radius 1 is 1.31 bits per heavy atom. The van der Waals surface area contributed by atoms with Gasteiger partial charge in [0.1, 0.15) is 0 Å². The molecular weight excluding hydrogens is 374 g/mol. The average Bonchev–Trinajstić information content (AvgIpc) is 3.16. The van der Waals surface area contributed by atoms with Gasteiger partial charge in [-0.15, -0.1) is 23.5 Å². The van der Waals surface area contributed by atoms with Crippen LogP contribution in [0.4, 0.5) is 0 Å². The minimum Gasteiger partial charge on any atom is -0.461 e. The zero-order valence-corrected chi connectivity index (χ0v) is 15.9. The minimum atomic E-state index is -1.97. The maximum absolute atomic E-state index is 12.8. The quantitative estimate of drug-likeness (QED) is 0.335. The molecule has 0 aromatic heterocycles. The Morgan fingerprint density at radius 3 is 2.54 bits per heavy atom. The molecule has 6 nitrogen and oxygen atoms in total. The Kier molecular flexibility index (Phi) is 5.72. The molecule has 2 unspecified atom stereocenters. The molecule has 0 bridgehead atoms. The molecule has 2 atom stereocenters. The predicted octanol–water partition coefficient (Wildman–Crippen LogP) is 3.40. The lowest BCUT2D eigenvalue weighted by molar-refractivity contribution is -0.560. The molecule has 1 aromatic rings. The number of rotatable bonds is 4. The fourth-order valence-corrected chi connectivity index (χ4v) is 6.05. The third-order valence-corrected chi connectivity index (χ3v) is 7.50. The first-order valence-electron chi connectivity index (χ1n) is 8.39. The number of thioether (sulfide) groups is 2. The predicted molar refractivity (Wildman–Crippen MR) is 102 cm³/mol. The Morgan fingerprint density at radius 2 is 1.96 bits per heavy atom. The van der Waals surface area contributed by atoms with Crippen LogP contribution < -0.4 is 0 Å². The summed E-state index contributed by atoms with van der Waals surface area (Å²) in [5.41, 5.74) is -0.951. The largest absolute Gasteiger partial charge is 0.461 e. The van der Waals surface area contributed by atoms with Gasteiger partial charge in [-0.1, -0.05) is 30.3 Å². The van der Waals surface area contributed by atoms with Crippen LogP contribution in [0.25, 0.3) is 0 Å². The van der Waals surface area contributed by atoms with Gasteiger partial charge in [0, 0.05) is 32.7 Å². The fourth-order valence-electron chi connectivity index (χ4n) is 3.46. The molecule has 2 fully saturated rings. The topological polar surface area (TPSA) is 86.5 Å². The van der Waals surface area contributed by atoms with Crippen molar-refractivity contribution in [1.82, 2.24) is 0 Å². The molecule has 8 heteroatoms. The van der Waals surface area contributed by atoms with Crippen LogP contribution in [0.3, 0.4) is 0 Å². The second-order valence-electron chi connectivity index (χ2n) is 6.13. The normalized spacial score (nSPS) is 26.0. The van der Waals surface area contributed by atoms with Crippen LogP contribution in [0.5, 0.6) is 0 Å². The van der Waals surface area contributed by atoms with E-state index in [0.29, 0.717) is 11.1 Å². The molecule has 1 heterocycles. The van der Waals surface area contributed by atoms with E-state index in [1.807, 2.05) is 0 Å². The van der Waals surface area contributed by atoms with Gasteiger partial charge < -0.3 is 4.74 Å². The van der Waals surface area contributed by atoms with E-state index >= 15 is 0 Å². The van der Waals surface area contributed by atoms with Crippen LogP contribution in [0.15, 0.2) is 40.1 Å². The zero-order chi connectivity index (χ0) is 18.7. The third kappa shape index (κ3) is 3.27. The van der Waals surface area contributed by atoms with Gasteiger partial charge in [-0.3, -0.25) is 14.9 Å². The van der Waals surface area contributed by atoms with Crippen molar-refractivity contribution in [1.29, 1.82) is 0 Å². The van der Waals surface area contributed by atoms with Gasteiger partial charge in [-0.25, -0.2) is 4.79 Å². The Labute approximate surface area is 159 Å². The molecule has 0 radical (unpaired) electrons. The van der Waals surface area contributed by atoms with Crippen molar-refractivity contribution in [2.75, 3.05) is 18.1 Å². The molecule has 1 aliphatic carbocycles. The summed E-state index contributed by atoms with van der Waals surface area (Å²) in [4.78, 5) is 37.3. The second-order valence-corrected chi connectivity index (χ2v) is 8.60. The van der Waals surface area contributed by atoms with Crippen molar-refractivity contribution in [3.63, 3.8) is 0 Å². The summed E-state index contributed by atoms with van der Waals surface area (Å²) in [5, 5.41) is 12.2. The van der Waals surface area contributed by atoms with E-state index < -0.39 is 22.3 Å². The molecular formula is C18H19NO5S2. The van der Waals surface area contributed by atoms with Gasteiger partial charge in [0.05, 0.1) is 18.9 Å². The smallest absolute Gasteiger partial charge is 0.385 e. The number of ketones is 1. The maximum Gasteiger partial charge on any atom is 0.385 e.